The molecule has 0 aromatic heterocycles. The van der Waals surface area contributed by atoms with Crippen molar-refractivity contribution in [3.8, 4) is 0 Å². The molecule has 6 nitrogen and oxygen atoms in total. The lowest BCUT2D eigenvalue weighted by molar-refractivity contribution is 0.122. The second-order valence-corrected chi connectivity index (χ2v) is 15.0. The van der Waals surface area contributed by atoms with Crippen molar-refractivity contribution in [1.82, 2.24) is 0 Å². The van der Waals surface area contributed by atoms with E-state index in [0.29, 0.717) is 0 Å². The molecule has 0 spiro atoms. The molecule has 0 saturated heterocycles. The van der Waals surface area contributed by atoms with Crippen molar-refractivity contribution >= 4 is 17.6 Å². The maximum absolute atomic E-state index is 5.52. The summed E-state index contributed by atoms with van der Waals surface area (Å²) in [4.78, 5) is 0. The molecule has 0 bridgehead atoms. The highest BCUT2D eigenvalue weighted by Crippen LogP contribution is 2.25. The zero-order valence-electron chi connectivity index (χ0n) is 22.3. The van der Waals surface area contributed by atoms with Crippen molar-refractivity contribution < 1.29 is 26.6 Å². The van der Waals surface area contributed by atoms with Gasteiger partial charge in [0, 0.05) is 54.7 Å². The predicted molar refractivity (Wildman–Crippen MR) is 137 cm³/mol. The van der Waals surface area contributed by atoms with Crippen LogP contribution in [0.4, 0.5) is 0 Å². The zero-order chi connectivity index (χ0) is 24.1. The fraction of sp³-hybridized carbons (Fsp3) is 1.00. The molecule has 0 heterocycles. The third-order valence-electron chi connectivity index (χ3n) is 6.77. The van der Waals surface area contributed by atoms with Gasteiger partial charge < -0.3 is 26.6 Å². The molecule has 0 amide bonds. The Kier molecular flexibility index (Phi) is 20.7. The highest BCUT2D eigenvalue weighted by molar-refractivity contribution is 6.60. The maximum Gasteiger partial charge on any atom is 0.500 e. The summed E-state index contributed by atoms with van der Waals surface area (Å²) in [6.07, 6.45) is 18.2. The van der Waals surface area contributed by atoms with Crippen LogP contribution < -0.4 is 0 Å². The van der Waals surface area contributed by atoms with Crippen LogP contribution in [-0.4, -0.2) is 60.3 Å². The van der Waals surface area contributed by atoms with E-state index in [1.165, 1.54) is 77.0 Å². The quantitative estimate of drug-likeness (QED) is 0.108. The van der Waals surface area contributed by atoms with E-state index in [-0.39, 0.29) is 0 Å². The van der Waals surface area contributed by atoms with Gasteiger partial charge in [-0.25, -0.2) is 0 Å². The topological polar surface area (TPSA) is 55.4 Å². The number of hydrogen-bond donors (Lipinski definition) is 0. The summed E-state index contributed by atoms with van der Waals surface area (Å²) in [5.41, 5.74) is 0. The van der Waals surface area contributed by atoms with E-state index < -0.39 is 17.6 Å². The monoisotopic (exact) mass is 494 g/mol. The predicted octanol–water partition coefficient (Wildman–Crippen LogP) is 6.84. The third-order valence-corrected chi connectivity index (χ3v) is 12.4. The van der Waals surface area contributed by atoms with Gasteiger partial charge >= 0.3 is 17.6 Å². The van der Waals surface area contributed by atoms with Gasteiger partial charge in [0.15, 0.2) is 0 Å². The van der Waals surface area contributed by atoms with Crippen LogP contribution in [0.2, 0.25) is 12.1 Å². The maximum atomic E-state index is 5.52. The third kappa shape index (κ3) is 13.8. The fourth-order valence-electron chi connectivity index (χ4n) is 4.48. The van der Waals surface area contributed by atoms with Crippen LogP contribution in [0.1, 0.15) is 96.8 Å². The second kappa shape index (κ2) is 20.6. The molecule has 0 fully saturated rings. The Balaban J connectivity index is 4.11. The molecular weight excluding hydrogens is 440 g/mol. The first-order chi connectivity index (χ1) is 15.5. The van der Waals surface area contributed by atoms with E-state index >= 15 is 0 Å². The molecule has 0 atom stereocenters. The average Bonchev–Trinajstić information content (AvgIpc) is 2.83. The summed E-state index contributed by atoms with van der Waals surface area (Å²) in [6, 6.07) is 1.82. The highest BCUT2D eigenvalue weighted by atomic mass is 28.4. The Bertz CT molecular complexity index is 357. The highest BCUT2D eigenvalue weighted by Gasteiger charge is 2.37. The summed E-state index contributed by atoms with van der Waals surface area (Å²) in [5.74, 6) is 0.886. The zero-order valence-corrected chi connectivity index (χ0v) is 24.3. The van der Waals surface area contributed by atoms with Crippen LogP contribution in [0.15, 0.2) is 0 Å². The van der Waals surface area contributed by atoms with Crippen molar-refractivity contribution in [2.45, 2.75) is 109 Å². The smallest absolute Gasteiger partial charge is 0.377 e. The van der Waals surface area contributed by atoms with E-state index in [1.807, 2.05) is 0 Å². The lowest BCUT2D eigenvalue weighted by Gasteiger charge is -2.24. The van der Waals surface area contributed by atoms with E-state index in [2.05, 4.69) is 6.92 Å². The van der Waals surface area contributed by atoms with Crippen LogP contribution in [0.3, 0.4) is 0 Å². The van der Waals surface area contributed by atoms with Crippen molar-refractivity contribution in [2.24, 2.45) is 5.92 Å². The van der Waals surface area contributed by atoms with Gasteiger partial charge in [0.2, 0.25) is 0 Å². The Morgan fingerprint density at radius 1 is 0.438 bits per heavy atom. The van der Waals surface area contributed by atoms with Crippen LogP contribution in [-0.2, 0) is 26.6 Å². The number of unbranched alkanes of at least 4 members (excludes halogenated alkanes) is 8. The Morgan fingerprint density at radius 3 is 1.06 bits per heavy atom. The summed E-state index contributed by atoms with van der Waals surface area (Å²) in [7, 11) is 5.42. The molecule has 8 heteroatoms. The molecule has 0 N–H and O–H groups in total. The molecule has 0 radical (unpaired) electrons. The Morgan fingerprint density at radius 2 is 0.750 bits per heavy atom. The molecule has 0 aliphatic carbocycles. The lowest BCUT2D eigenvalue weighted by atomic mass is 9.90. The Labute approximate surface area is 201 Å². The van der Waals surface area contributed by atoms with Gasteiger partial charge in [0.05, 0.1) is 0 Å². The first-order valence-electron chi connectivity index (χ1n) is 12.8. The van der Waals surface area contributed by atoms with Crippen LogP contribution in [0.5, 0.6) is 0 Å². The minimum atomic E-state index is -2.39. The molecule has 0 aliphatic rings. The SMILES string of the molecule is CCCCCC(CCCCCC[Si](OC)(OC)OC)CCCCCC[Si](OC)(OC)OC. The second-order valence-electron chi connectivity index (χ2n) is 8.86. The molecular formula is C24H54O6Si2. The number of rotatable bonds is 24. The lowest BCUT2D eigenvalue weighted by Crippen LogP contribution is -2.42. The molecule has 0 saturated carbocycles. The minimum absolute atomic E-state index is 0.886. The summed E-state index contributed by atoms with van der Waals surface area (Å²) < 4.78 is 33.1. The van der Waals surface area contributed by atoms with Crippen LogP contribution in [0.25, 0.3) is 0 Å². The average molecular weight is 495 g/mol. The van der Waals surface area contributed by atoms with E-state index in [4.69, 9.17) is 26.6 Å². The molecule has 0 rings (SSSR count). The van der Waals surface area contributed by atoms with Gasteiger partial charge in [-0.05, 0) is 18.8 Å². The first-order valence-corrected chi connectivity index (χ1v) is 16.7. The van der Waals surface area contributed by atoms with Crippen LogP contribution >= 0.6 is 0 Å². The first kappa shape index (κ1) is 32.2. The molecule has 0 aromatic carbocycles. The van der Waals surface area contributed by atoms with Crippen LogP contribution in [0, 0.1) is 5.92 Å². The van der Waals surface area contributed by atoms with Gasteiger partial charge in [-0.15, -0.1) is 0 Å². The normalized spacial score (nSPS) is 12.8. The number of hydrogen-bond acceptors (Lipinski definition) is 6. The van der Waals surface area contributed by atoms with Gasteiger partial charge in [-0.3, -0.25) is 0 Å². The van der Waals surface area contributed by atoms with Crippen molar-refractivity contribution in [2.75, 3.05) is 42.7 Å². The Hall–Kier alpha value is 0.194. The summed E-state index contributed by atoms with van der Waals surface area (Å²) in [6.45, 7) is 2.29. The summed E-state index contributed by atoms with van der Waals surface area (Å²) in [5, 5.41) is 0. The van der Waals surface area contributed by atoms with E-state index in [1.54, 1.807) is 42.7 Å². The van der Waals surface area contributed by atoms with Gasteiger partial charge in [-0.1, -0.05) is 84.0 Å². The van der Waals surface area contributed by atoms with Gasteiger partial charge in [-0.2, -0.15) is 0 Å². The van der Waals surface area contributed by atoms with Gasteiger partial charge in [0.1, 0.15) is 0 Å². The van der Waals surface area contributed by atoms with Crippen molar-refractivity contribution in [3.05, 3.63) is 0 Å². The largest absolute Gasteiger partial charge is 0.500 e. The summed E-state index contributed by atoms with van der Waals surface area (Å²) >= 11 is 0. The molecule has 0 aromatic rings. The van der Waals surface area contributed by atoms with E-state index in [9.17, 15) is 0 Å². The molecule has 0 unspecified atom stereocenters. The van der Waals surface area contributed by atoms with Crippen molar-refractivity contribution in [3.63, 3.8) is 0 Å². The van der Waals surface area contributed by atoms with Gasteiger partial charge in [0.25, 0.3) is 0 Å². The minimum Gasteiger partial charge on any atom is -0.377 e. The standard InChI is InChI=1S/C24H54O6Si2/c1-8-9-14-19-24(20-15-10-12-17-22-31(25-2,26-3)27-4)21-16-11-13-18-23-32(28-5,29-6)30-7/h24H,8-23H2,1-7H3. The van der Waals surface area contributed by atoms with Crippen molar-refractivity contribution in [1.29, 1.82) is 0 Å². The molecule has 194 valence electrons. The fourth-order valence-corrected chi connectivity index (χ4v) is 8.08. The molecule has 32 heavy (non-hydrogen) atoms. The van der Waals surface area contributed by atoms with E-state index in [0.717, 1.165) is 30.8 Å². The molecule has 0 aliphatic heterocycles.